The lowest BCUT2D eigenvalue weighted by Gasteiger charge is -2.32. The van der Waals surface area contributed by atoms with Crippen LogP contribution in [-0.4, -0.2) is 47.0 Å². The summed E-state index contributed by atoms with van der Waals surface area (Å²) in [5, 5.41) is 9.47. The smallest absolute Gasteiger partial charge is 0.253 e. The number of piperidine rings is 2. The third-order valence-electron chi connectivity index (χ3n) is 6.18. The lowest BCUT2D eigenvalue weighted by molar-refractivity contribution is 0.0724. The highest BCUT2D eigenvalue weighted by Gasteiger charge is 2.22. The molecule has 2 fully saturated rings. The molecule has 0 saturated carbocycles. The molecule has 0 unspecified atom stereocenters. The van der Waals surface area contributed by atoms with Crippen LogP contribution in [0.1, 0.15) is 59.5 Å². The normalized spacial score (nSPS) is 18.9. The van der Waals surface area contributed by atoms with Crippen LogP contribution in [0.25, 0.3) is 0 Å². The summed E-state index contributed by atoms with van der Waals surface area (Å²) < 4.78 is 0. The summed E-state index contributed by atoms with van der Waals surface area (Å²) >= 11 is 0. The topological polar surface area (TPSA) is 43.8 Å². The number of hydrogen-bond acceptors (Lipinski definition) is 3. The van der Waals surface area contributed by atoms with E-state index in [-0.39, 0.29) is 5.91 Å². The summed E-state index contributed by atoms with van der Waals surface area (Å²) in [6.07, 6.45) is 5.76. The van der Waals surface area contributed by atoms with Gasteiger partial charge in [0.15, 0.2) is 0 Å². The van der Waals surface area contributed by atoms with Gasteiger partial charge in [0.05, 0.1) is 0 Å². The zero-order valence-electron chi connectivity index (χ0n) is 16.5. The Balaban J connectivity index is 1.33. The number of benzene rings is 2. The van der Waals surface area contributed by atoms with E-state index in [2.05, 4.69) is 17.0 Å². The fourth-order valence-electron chi connectivity index (χ4n) is 4.51. The number of nitrogens with zero attached hydrogens (tertiary/aromatic N) is 2. The van der Waals surface area contributed by atoms with E-state index in [0.29, 0.717) is 11.7 Å². The Hall–Kier alpha value is -2.33. The van der Waals surface area contributed by atoms with Gasteiger partial charge in [-0.05, 0) is 86.5 Å². The van der Waals surface area contributed by atoms with Crippen molar-refractivity contribution < 1.29 is 9.90 Å². The lowest BCUT2D eigenvalue weighted by atomic mass is 9.89. The van der Waals surface area contributed by atoms with Crippen LogP contribution in [0.4, 0.5) is 0 Å². The Bertz CT molecular complexity index is 789. The molecule has 4 nitrogen and oxygen atoms in total. The lowest BCUT2D eigenvalue weighted by Crippen LogP contribution is -2.35. The number of rotatable bonds is 4. The maximum Gasteiger partial charge on any atom is 0.253 e. The summed E-state index contributed by atoms with van der Waals surface area (Å²) in [4.78, 5) is 17.3. The molecule has 2 aromatic carbocycles. The fourth-order valence-corrected chi connectivity index (χ4v) is 4.51. The minimum absolute atomic E-state index is 0.188. The molecule has 0 atom stereocenters. The van der Waals surface area contributed by atoms with Gasteiger partial charge in [0, 0.05) is 25.2 Å². The average molecular weight is 379 g/mol. The first-order valence-corrected chi connectivity index (χ1v) is 10.6. The van der Waals surface area contributed by atoms with Crippen LogP contribution < -0.4 is 0 Å². The van der Waals surface area contributed by atoms with Gasteiger partial charge in [0.2, 0.25) is 0 Å². The molecule has 0 bridgehead atoms. The van der Waals surface area contributed by atoms with Gasteiger partial charge in [0.25, 0.3) is 5.91 Å². The van der Waals surface area contributed by atoms with E-state index in [1.807, 2.05) is 29.2 Å². The molecule has 2 saturated heterocycles. The molecule has 2 aliphatic rings. The number of phenols is 1. The Morgan fingerprint density at radius 3 is 2.36 bits per heavy atom. The van der Waals surface area contributed by atoms with Crippen LogP contribution >= 0.6 is 0 Å². The van der Waals surface area contributed by atoms with Gasteiger partial charge in [-0.1, -0.05) is 24.3 Å². The van der Waals surface area contributed by atoms with Crippen molar-refractivity contribution in [1.82, 2.24) is 9.80 Å². The number of likely N-dealkylation sites (tertiary alicyclic amines) is 2. The minimum Gasteiger partial charge on any atom is -0.508 e. The second kappa shape index (κ2) is 8.78. The average Bonchev–Trinajstić information content (AvgIpc) is 2.75. The quantitative estimate of drug-likeness (QED) is 0.858. The third kappa shape index (κ3) is 4.56. The van der Waals surface area contributed by atoms with Crippen molar-refractivity contribution in [3.8, 4) is 5.75 Å². The van der Waals surface area contributed by atoms with E-state index >= 15 is 0 Å². The molecule has 0 aliphatic carbocycles. The highest BCUT2D eigenvalue weighted by atomic mass is 16.3. The van der Waals surface area contributed by atoms with Crippen molar-refractivity contribution in [2.24, 2.45) is 0 Å². The second-order valence-corrected chi connectivity index (χ2v) is 8.20. The van der Waals surface area contributed by atoms with Crippen LogP contribution in [0.5, 0.6) is 5.75 Å². The number of hydrogen-bond donors (Lipinski definition) is 1. The predicted octanol–water partition coefficient (Wildman–Crippen LogP) is 4.40. The van der Waals surface area contributed by atoms with Crippen LogP contribution in [0, 0.1) is 0 Å². The van der Waals surface area contributed by atoms with E-state index in [0.717, 1.165) is 64.0 Å². The molecule has 1 amide bonds. The molecule has 2 aliphatic heterocycles. The highest BCUT2D eigenvalue weighted by molar-refractivity contribution is 5.94. The van der Waals surface area contributed by atoms with Crippen molar-refractivity contribution in [3.05, 3.63) is 65.2 Å². The molecule has 4 rings (SSSR count). The Morgan fingerprint density at radius 2 is 1.64 bits per heavy atom. The fraction of sp³-hybridized carbons (Fsp3) is 0.458. The molecular formula is C24H30N2O2. The summed E-state index contributed by atoms with van der Waals surface area (Å²) in [5.41, 5.74) is 3.39. The molecule has 0 aromatic heterocycles. The SMILES string of the molecule is O=C(c1cccc(CN2CCC(c3ccc(O)cc3)CC2)c1)N1CCCCC1. The van der Waals surface area contributed by atoms with E-state index in [4.69, 9.17) is 0 Å². The summed E-state index contributed by atoms with van der Waals surface area (Å²) in [6, 6.07) is 15.9. The van der Waals surface area contributed by atoms with Crippen molar-refractivity contribution in [2.75, 3.05) is 26.2 Å². The number of carbonyl (C=O) groups is 1. The number of aromatic hydroxyl groups is 1. The molecule has 2 heterocycles. The van der Waals surface area contributed by atoms with Crippen molar-refractivity contribution in [2.45, 2.75) is 44.6 Å². The Kier molecular flexibility index (Phi) is 5.96. The van der Waals surface area contributed by atoms with Crippen molar-refractivity contribution >= 4 is 5.91 Å². The van der Waals surface area contributed by atoms with Gasteiger partial charge >= 0.3 is 0 Å². The molecule has 1 N–H and O–H groups in total. The molecular weight excluding hydrogens is 348 g/mol. The zero-order valence-corrected chi connectivity index (χ0v) is 16.5. The van der Waals surface area contributed by atoms with Crippen LogP contribution in [0.3, 0.4) is 0 Å². The molecule has 4 heteroatoms. The maximum absolute atomic E-state index is 12.8. The summed E-state index contributed by atoms with van der Waals surface area (Å²) in [5.74, 6) is 1.09. The zero-order chi connectivity index (χ0) is 19.3. The highest BCUT2D eigenvalue weighted by Crippen LogP contribution is 2.29. The van der Waals surface area contributed by atoms with Gasteiger partial charge in [-0.3, -0.25) is 9.69 Å². The van der Waals surface area contributed by atoms with Crippen molar-refractivity contribution in [1.29, 1.82) is 0 Å². The third-order valence-corrected chi connectivity index (χ3v) is 6.18. The standard InChI is InChI=1S/C24H30N2O2/c27-23-9-7-20(8-10-23)21-11-15-25(16-12-21)18-19-5-4-6-22(17-19)24(28)26-13-2-1-3-14-26/h4-10,17,21,27H,1-3,11-16,18H2. The van der Waals surface area contributed by atoms with Crippen LogP contribution in [-0.2, 0) is 6.54 Å². The molecule has 148 valence electrons. The van der Waals surface area contributed by atoms with Crippen molar-refractivity contribution in [3.63, 3.8) is 0 Å². The number of amides is 1. The second-order valence-electron chi connectivity index (χ2n) is 8.20. The van der Waals surface area contributed by atoms with E-state index in [1.54, 1.807) is 12.1 Å². The maximum atomic E-state index is 12.8. The van der Waals surface area contributed by atoms with Crippen LogP contribution in [0.2, 0.25) is 0 Å². The van der Waals surface area contributed by atoms with E-state index in [1.165, 1.54) is 17.5 Å². The Labute approximate surface area is 167 Å². The van der Waals surface area contributed by atoms with Gasteiger partial charge in [-0.15, -0.1) is 0 Å². The van der Waals surface area contributed by atoms with Gasteiger partial charge in [-0.2, -0.15) is 0 Å². The monoisotopic (exact) mass is 378 g/mol. The first kappa shape index (κ1) is 19.0. The summed E-state index contributed by atoms with van der Waals surface area (Å²) in [7, 11) is 0. The van der Waals surface area contributed by atoms with E-state index in [9.17, 15) is 9.90 Å². The van der Waals surface area contributed by atoms with E-state index < -0.39 is 0 Å². The molecule has 28 heavy (non-hydrogen) atoms. The minimum atomic E-state index is 0.188. The Morgan fingerprint density at radius 1 is 0.929 bits per heavy atom. The van der Waals surface area contributed by atoms with Gasteiger partial charge < -0.3 is 10.0 Å². The number of carbonyl (C=O) groups excluding carboxylic acids is 1. The van der Waals surface area contributed by atoms with Gasteiger partial charge in [-0.25, -0.2) is 0 Å². The molecule has 0 spiro atoms. The first-order valence-electron chi connectivity index (χ1n) is 10.6. The van der Waals surface area contributed by atoms with Crippen LogP contribution in [0.15, 0.2) is 48.5 Å². The van der Waals surface area contributed by atoms with Gasteiger partial charge in [0.1, 0.15) is 5.75 Å². The molecule has 2 aromatic rings. The molecule has 0 radical (unpaired) electrons. The largest absolute Gasteiger partial charge is 0.508 e. The first-order chi connectivity index (χ1) is 13.7. The number of phenolic OH excluding ortho intramolecular Hbond substituents is 1. The predicted molar refractivity (Wildman–Crippen MR) is 112 cm³/mol. The summed E-state index contributed by atoms with van der Waals surface area (Å²) in [6.45, 7) is 4.83.